The molecule has 1 aliphatic carbocycles. The molecule has 38 heavy (non-hydrogen) atoms. The Morgan fingerprint density at radius 2 is 2.03 bits per heavy atom. The van der Waals surface area contributed by atoms with Crippen LogP contribution in [0.25, 0.3) is 37.9 Å². The van der Waals surface area contributed by atoms with E-state index < -0.39 is 0 Å². The molecule has 6 heterocycles. The van der Waals surface area contributed by atoms with Crippen molar-refractivity contribution < 1.29 is 9.21 Å². The predicted molar refractivity (Wildman–Crippen MR) is 148 cm³/mol. The van der Waals surface area contributed by atoms with Gasteiger partial charge in [0.2, 0.25) is 11.7 Å². The van der Waals surface area contributed by atoms with Gasteiger partial charge >= 0.3 is 0 Å². The molecule has 7 rings (SSSR count). The molecule has 5 aromatic heterocycles. The number of carbonyl (C=O) groups excluding carboxylic acids is 1. The fraction of sp³-hybridized carbons (Fsp3) is 0.429. The summed E-state index contributed by atoms with van der Waals surface area (Å²) >= 11 is 1.67. The highest BCUT2D eigenvalue weighted by molar-refractivity contribution is 7.22. The summed E-state index contributed by atoms with van der Waals surface area (Å²) in [7, 11) is 0. The topological polar surface area (TPSA) is 113 Å². The maximum absolute atomic E-state index is 13.1. The fourth-order valence-corrected chi connectivity index (χ4v) is 6.80. The van der Waals surface area contributed by atoms with Gasteiger partial charge in [-0.3, -0.25) is 4.79 Å². The van der Waals surface area contributed by atoms with Gasteiger partial charge in [0, 0.05) is 23.7 Å². The highest BCUT2D eigenvalue weighted by Crippen LogP contribution is 2.43. The third-order valence-corrected chi connectivity index (χ3v) is 8.80. The summed E-state index contributed by atoms with van der Waals surface area (Å²) in [6.45, 7) is 8.35. The van der Waals surface area contributed by atoms with Gasteiger partial charge in [-0.05, 0) is 74.9 Å². The lowest BCUT2D eigenvalue weighted by Gasteiger charge is -2.21. The molecule has 2 fully saturated rings. The number of aromatic amines is 1. The Hall–Kier alpha value is -3.50. The molecular formula is C28H31N7O2S. The molecular weight excluding hydrogens is 498 g/mol. The third-order valence-electron chi connectivity index (χ3n) is 7.64. The van der Waals surface area contributed by atoms with Crippen LogP contribution in [0.2, 0.25) is 0 Å². The van der Waals surface area contributed by atoms with Gasteiger partial charge in [0.15, 0.2) is 5.65 Å². The molecule has 196 valence electrons. The molecule has 1 saturated heterocycles. The Bertz CT molecular complexity index is 1660. The van der Waals surface area contributed by atoms with Crippen molar-refractivity contribution in [2.75, 3.05) is 13.1 Å². The van der Waals surface area contributed by atoms with Gasteiger partial charge in [0.1, 0.15) is 6.33 Å². The SMILES string of the molecule is Cc1cc(-c2[nH]c3cc(-c4nc(C5CCNCC5)c(C(=O)NC5CC5)o4)sc3c2C(C)C)cn2ncnc12. The number of aryl methyl sites for hydroxylation is 1. The van der Waals surface area contributed by atoms with Gasteiger partial charge in [-0.2, -0.15) is 5.10 Å². The van der Waals surface area contributed by atoms with Crippen molar-refractivity contribution in [2.45, 2.75) is 64.3 Å². The first kappa shape index (κ1) is 23.6. The molecule has 1 saturated carbocycles. The van der Waals surface area contributed by atoms with Crippen molar-refractivity contribution in [2.24, 2.45) is 0 Å². The van der Waals surface area contributed by atoms with Crippen LogP contribution in [0.15, 0.2) is 29.1 Å². The molecule has 1 amide bonds. The van der Waals surface area contributed by atoms with Crippen LogP contribution in [0.5, 0.6) is 0 Å². The highest BCUT2D eigenvalue weighted by Gasteiger charge is 2.32. The normalized spacial score (nSPS) is 16.7. The van der Waals surface area contributed by atoms with Crippen molar-refractivity contribution >= 4 is 33.1 Å². The second-order valence-electron chi connectivity index (χ2n) is 10.9. The number of amides is 1. The van der Waals surface area contributed by atoms with Crippen LogP contribution in [-0.4, -0.2) is 49.6 Å². The Labute approximate surface area is 224 Å². The van der Waals surface area contributed by atoms with E-state index in [0.29, 0.717) is 17.6 Å². The van der Waals surface area contributed by atoms with Crippen LogP contribution >= 0.6 is 11.3 Å². The number of rotatable bonds is 6. The second-order valence-corrected chi connectivity index (χ2v) is 11.9. The summed E-state index contributed by atoms with van der Waals surface area (Å²) in [5, 5.41) is 10.9. The molecule has 5 aromatic rings. The van der Waals surface area contributed by atoms with Crippen molar-refractivity contribution in [1.82, 2.24) is 35.2 Å². The summed E-state index contributed by atoms with van der Waals surface area (Å²) in [5.74, 6) is 1.31. The lowest BCUT2D eigenvalue weighted by atomic mass is 9.93. The zero-order valence-corrected chi connectivity index (χ0v) is 22.6. The molecule has 2 aliphatic rings. The van der Waals surface area contributed by atoms with Crippen molar-refractivity contribution in [3.8, 4) is 22.0 Å². The first-order valence-electron chi connectivity index (χ1n) is 13.4. The van der Waals surface area contributed by atoms with Crippen LogP contribution in [0.1, 0.15) is 78.7 Å². The van der Waals surface area contributed by atoms with Gasteiger partial charge in [-0.25, -0.2) is 14.5 Å². The minimum atomic E-state index is -0.133. The number of H-pyrrole nitrogens is 1. The largest absolute Gasteiger partial charge is 0.430 e. The number of carbonyl (C=O) groups is 1. The Kier molecular flexibility index (Phi) is 5.63. The molecule has 9 nitrogen and oxygen atoms in total. The number of oxazole rings is 1. The van der Waals surface area contributed by atoms with E-state index in [0.717, 1.165) is 77.3 Å². The number of nitrogens with zero attached hydrogens (tertiary/aromatic N) is 4. The van der Waals surface area contributed by atoms with Crippen molar-refractivity contribution in [3.05, 3.63) is 47.2 Å². The number of pyridine rings is 1. The quantitative estimate of drug-likeness (QED) is 0.272. The van der Waals surface area contributed by atoms with Gasteiger partial charge in [0.25, 0.3) is 5.91 Å². The van der Waals surface area contributed by atoms with E-state index in [1.54, 1.807) is 17.7 Å². The smallest absolute Gasteiger partial charge is 0.289 e. The zero-order chi connectivity index (χ0) is 26.0. The van der Waals surface area contributed by atoms with Gasteiger partial charge < -0.3 is 20.0 Å². The fourth-order valence-electron chi connectivity index (χ4n) is 5.56. The Balaban J connectivity index is 1.30. The van der Waals surface area contributed by atoms with Gasteiger partial charge in [-0.1, -0.05) is 13.8 Å². The molecule has 3 N–H and O–H groups in total. The number of thiophene rings is 1. The predicted octanol–water partition coefficient (Wildman–Crippen LogP) is 5.39. The molecule has 0 atom stereocenters. The van der Waals surface area contributed by atoms with E-state index >= 15 is 0 Å². The second kappa shape index (κ2) is 9.06. The van der Waals surface area contributed by atoms with Crippen LogP contribution in [-0.2, 0) is 0 Å². The molecule has 0 spiro atoms. The van der Waals surface area contributed by atoms with Crippen LogP contribution in [0.3, 0.4) is 0 Å². The van der Waals surface area contributed by atoms with Crippen LogP contribution < -0.4 is 10.6 Å². The first-order chi connectivity index (χ1) is 18.5. The third kappa shape index (κ3) is 4.03. The number of fused-ring (bicyclic) bond motifs is 2. The average molecular weight is 530 g/mol. The number of hydrogen-bond acceptors (Lipinski definition) is 7. The summed E-state index contributed by atoms with van der Waals surface area (Å²) < 4.78 is 9.27. The number of hydrogen-bond donors (Lipinski definition) is 3. The van der Waals surface area contributed by atoms with Crippen molar-refractivity contribution in [3.63, 3.8) is 0 Å². The Morgan fingerprint density at radius 1 is 1.21 bits per heavy atom. The minimum absolute atomic E-state index is 0.133. The molecule has 10 heteroatoms. The number of aromatic nitrogens is 5. The average Bonchev–Trinajstić information content (AvgIpc) is 3.28. The number of piperidine rings is 1. The number of nitrogens with one attached hydrogen (secondary N) is 3. The van der Waals surface area contributed by atoms with E-state index in [1.165, 1.54) is 10.3 Å². The monoisotopic (exact) mass is 529 g/mol. The summed E-state index contributed by atoms with van der Waals surface area (Å²) in [5.41, 5.74) is 7.23. The van der Waals surface area contributed by atoms with E-state index in [9.17, 15) is 4.79 Å². The molecule has 0 unspecified atom stereocenters. The van der Waals surface area contributed by atoms with Gasteiger partial charge in [-0.15, -0.1) is 11.3 Å². The maximum Gasteiger partial charge on any atom is 0.289 e. The highest BCUT2D eigenvalue weighted by atomic mass is 32.1. The van der Waals surface area contributed by atoms with Crippen LogP contribution in [0, 0.1) is 6.92 Å². The lowest BCUT2D eigenvalue weighted by molar-refractivity contribution is 0.0921. The van der Waals surface area contributed by atoms with Crippen LogP contribution in [0.4, 0.5) is 0 Å². The minimum Gasteiger partial charge on any atom is -0.430 e. The first-order valence-corrected chi connectivity index (χ1v) is 14.3. The summed E-state index contributed by atoms with van der Waals surface area (Å²) in [4.78, 5) is 27.0. The zero-order valence-electron chi connectivity index (χ0n) is 21.8. The summed E-state index contributed by atoms with van der Waals surface area (Å²) in [6.07, 6.45) is 7.60. The van der Waals surface area contributed by atoms with E-state index in [-0.39, 0.29) is 17.9 Å². The maximum atomic E-state index is 13.1. The van der Waals surface area contributed by atoms with E-state index in [2.05, 4.69) is 58.6 Å². The van der Waals surface area contributed by atoms with Gasteiger partial charge in [0.05, 0.1) is 26.5 Å². The summed E-state index contributed by atoms with van der Waals surface area (Å²) in [6, 6.07) is 4.54. The molecule has 1 aliphatic heterocycles. The molecule has 0 radical (unpaired) electrons. The molecule has 0 aromatic carbocycles. The standard InChI is InChI=1S/C28H31N7O2S/c1-14(2)21-22(17-10-15(3)26-30-13-31-35(26)12-17)33-19-11-20(38-25(19)21)28-34-23(16-6-8-29-9-7-16)24(37-28)27(36)32-18-4-5-18/h10-14,16,18,29,33H,4-9H2,1-3H3,(H,32,36). The van der Waals surface area contributed by atoms with E-state index in [1.807, 2.05) is 10.7 Å². The van der Waals surface area contributed by atoms with Crippen molar-refractivity contribution in [1.29, 1.82) is 0 Å². The van der Waals surface area contributed by atoms with E-state index in [4.69, 9.17) is 9.40 Å². The molecule has 0 bridgehead atoms. The Morgan fingerprint density at radius 3 is 2.79 bits per heavy atom. The lowest BCUT2D eigenvalue weighted by Crippen LogP contribution is -2.30.